The third-order valence-corrected chi connectivity index (χ3v) is 4.01. The molecule has 0 unspecified atom stereocenters. The number of nitrogens with zero attached hydrogens (tertiary/aromatic N) is 2. The Hall–Kier alpha value is -1.33. The number of pyridine rings is 2. The summed E-state index contributed by atoms with van der Waals surface area (Å²) in [6.07, 6.45) is -4.47. The van der Waals surface area contributed by atoms with E-state index in [1.165, 1.54) is 24.3 Å². The highest BCUT2D eigenvalue weighted by atomic mass is 35.5. The van der Waals surface area contributed by atoms with Crippen molar-refractivity contribution in [2.75, 3.05) is 0 Å². The summed E-state index contributed by atoms with van der Waals surface area (Å²) in [5.74, 6) is 0. The molecule has 104 valence electrons. The molecule has 0 N–H and O–H groups in total. The van der Waals surface area contributed by atoms with Crippen molar-refractivity contribution in [2.24, 2.45) is 0 Å². The van der Waals surface area contributed by atoms with Crippen molar-refractivity contribution in [3.63, 3.8) is 0 Å². The second kappa shape index (κ2) is 4.09. The van der Waals surface area contributed by atoms with Crippen molar-refractivity contribution < 1.29 is 13.2 Å². The number of halogens is 5. The number of aromatic nitrogens is 2. The van der Waals surface area contributed by atoms with Gasteiger partial charge in [0.2, 0.25) is 0 Å². The zero-order valence-electron chi connectivity index (χ0n) is 10.1. The predicted octanol–water partition coefficient (Wildman–Crippen LogP) is 4.63. The maximum absolute atomic E-state index is 13.6. The SMILES string of the molecule is CC1(C(F)(F)F)c2ccc(Cl)nc2-c2nc(Cl)ccc21. The van der Waals surface area contributed by atoms with Gasteiger partial charge in [-0.05, 0) is 30.2 Å². The Kier molecular flexibility index (Phi) is 2.79. The number of hydrogen-bond donors (Lipinski definition) is 0. The Balaban J connectivity index is 2.42. The molecule has 3 rings (SSSR count). The molecule has 1 aliphatic carbocycles. The minimum atomic E-state index is -4.47. The summed E-state index contributed by atoms with van der Waals surface area (Å²) in [7, 11) is 0. The molecular formula is C13H7Cl2F3N2. The minimum absolute atomic E-state index is 0.0409. The van der Waals surface area contributed by atoms with Gasteiger partial charge in [-0.3, -0.25) is 0 Å². The van der Waals surface area contributed by atoms with E-state index in [4.69, 9.17) is 23.2 Å². The summed E-state index contributed by atoms with van der Waals surface area (Å²) >= 11 is 11.6. The number of rotatable bonds is 0. The molecule has 7 heteroatoms. The van der Waals surface area contributed by atoms with Gasteiger partial charge in [0.15, 0.2) is 0 Å². The summed E-state index contributed by atoms with van der Waals surface area (Å²) in [5, 5.41) is 0.228. The van der Waals surface area contributed by atoms with Crippen LogP contribution < -0.4 is 0 Å². The number of fused-ring (bicyclic) bond motifs is 3. The fourth-order valence-corrected chi connectivity index (χ4v) is 2.78. The van der Waals surface area contributed by atoms with Crippen LogP contribution in [0.3, 0.4) is 0 Å². The zero-order chi connectivity index (χ0) is 14.7. The summed E-state index contributed by atoms with van der Waals surface area (Å²) < 4.78 is 40.7. The van der Waals surface area contributed by atoms with Gasteiger partial charge in [0.05, 0.1) is 11.4 Å². The van der Waals surface area contributed by atoms with E-state index in [0.29, 0.717) is 0 Å². The van der Waals surface area contributed by atoms with Gasteiger partial charge in [0, 0.05) is 0 Å². The monoisotopic (exact) mass is 318 g/mol. The van der Waals surface area contributed by atoms with Gasteiger partial charge in [-0.15, -0.1) is 0 Å². The highest BCUT2D eigenvalue weighted by Gasteiger charge is 2.59. The molecule has 0 aromatic carbocycles. The van der Waals surface area contributed by atoms with Gasteiger partial charge in [-0.25, -0.2) is 9.97 Å². The molecule has 0 atom stereocenters. The van der Waals surface area contributed by atoms with Crippen molar-refractivity contribution in [3.8, 4) is 11.4 Å². The van der Waals surface area contributed by atoms with E-state index >= 15 is 0 Å². The lowest BCUT2D eigenvalue weighted by Gasteiger charge is -2.29. The third-order valence-electron chi connectivity index (χ3n) is 3.59. The Morgan fingerprint density at radius 2 is 1.30 bits per heavy atom. The van der Waals surface area contributed by atoms with Gasteiger partial charge in [-0.1, -0.05) is 35.3 Å². The average molecular weight is 319 g/mol. The summed E-state index contributed by atoms with van der Waals surface area (Å²) in [6, 6.07) is 5.37. The molecule has 1 aliphatic rings. The Labute approximate surface area is 122 Å². The molecule has 20 heavy (non-hydrogen) atoms. The zero-order valence-corrected chi connectivity index (χ0v) is 11.6. The molecule has 2 aromatic heterocycles. The third kappa shape index (κ3) is 1.66. The molecule has 0 saturated carbocycles. The van der Waals surface area contributed by atoms with Crippen LogP contribution in [0.25, 0.3) is 11.4 Å². The van der Waals surface area contributed by atoms with Crippen LogP contribution in [0, 0.1) is 0 Å². The van der Waals surface area contributed by atoms with Crippen molar-refractivity contribution >= 4 is 23.2 Å². The highest BCUT2D eigenvalue weighted by Crippen LogP contribution is 2.55. The Morgan fingerprint density at radius 3 is 1.65 bits per heavy atom. The first-order chi connectivity index (χ1) is 9.25. The number of hydrogen-bond acceptors (Lipinski definition) is 2. The summed E-state index contributed by atoms with van der Waals surface area (Å²) in [5.41, 5.74) is -1.81. The second-order valence-electron chi connectivity index (χ2n) is 4.68. The average Bonchev–Trinajstić information content (AvgIpc) is 2.59. The molecule has 0 saturated heterocycles. The molecule has 0 radical (unpaired) electrons. The Morgan fingerprint density at radius 1 is 0.900 bits per heavy atom. The normalized spacial score (nSPS) is 15.9. The molecule has 2 nitrogen and oxygen atoms in total. The van der Waals surface area contributed by atoms with E-state index in [1.54, 1.807) is 0 Å². The van der Waals surface area contributed by atoms with E-state index < -0.39 is 11.6 Å². The lowest BCUT2D eigenvalue weighted by molar-refractivity contribution is -0.172. The van der Waals surface area contributed by atoms with Crippen LogP contribution in [0.15, 0.2) is 24.3 Å². The molecule has 0 amide bonds. The highest BCUT2D eigenvalue weighted by molar-refractivity contribution is 6.30. The smallest absolute Gasteiger partial charge is 0.234 e. The molecular weight excluding hydrogens is 312 g/mol. The van der Waals surface area contributed by atoms with Crippen LogP contribution in [0.2, 0.25) is 10.3 Å². The van der Waals surface area contributed by atoms with E-state index in [2.05, 4.69) is 9.97 Å². The van der Waals surface area contributed by atoms with Crippen LogP contribution in [-0.2, 0) is 5.41 Å². The molecule has 2 aromatic rings. The van der Waals surface area contributed by atoms with Crippen LogP contribution in [0.5, 0.6) is 0 Å². The van der Waals surface area contributed by atoms with Crippen molar-refractivity contribution in [1.82, 2.24) is 9.97 Å². The lowest BCUT2D eigenvalue weighted by Crippen LogP contribution is -2.38. The van der Waals surface area contributed by atoms with Crippen LogP contribution in [0.4, 0.5) is 13.2 Å². The fourth-order valence-electron chi connectivity index (χ4n) is 2.49. The van der Waals surface area contributed by atoms with E-state index in [9.17, 15) is 13.2 Å². The summed E-state index contributed by atoms with van der Waals surface area (Å²) in [4.78, 5) is 7.98. The molecule has 0 fully saturated rings. The first kappa shape index (κ1) is 13.6. The van der Waals surface area contributed by atoms with E-state index in [0.717, 1.165) is 6.92 Å². The first-order valence-corrected chi connectivity index (χ1v) is 6.42. The molecule has 0 bridgehead atoms. The van der Waals surface area contributed by atoms with E-state index in [1.807, 2.05) is 0 Å². The van der Waals surface area contributed by atoms with Crippen molar-refractivity contribution in [1.29, 1.82) is 0 Å². The van der Waals surface area contributed by atoms with Crippen molar-refractivity contribution in [2.45, 2.75) is 18.5 Å². The maximum Gasteiger partial charge on any atom is 0.402 e. The molecule has 0 aliphatic heterocycles. The molecule has 0 spiro atoms. The maximum atomic E-state index is 13.6. The standard InChI is InChI=1S/C13H7Cl2F3N2/c1-12(13(16,17)18)6-2-4-8(14)19-10(6)11-7(12)3-5-9(15)20-11/h2-5H,1H3. The van der Waals surface area contributed by atoms with Crippen molar-refractivity contribution in [3.05, 3.63) is 45.7 Å². The topological polar surface area (TPSA) is 25.8 Å². The lowest BCUT2D eigenvalue weighted by atomic mass is 9.80. The largest absolute Gasteiger partial charge is 0.402 e. The van der Waals surface area contributed by atoms with Crippen LogP contribution in [0.1, 0.15) is 18.1 Å². The minimum Gasteiger partial charge on any atom is -0.234 e. The van der Waals surface area contributed by atoms with Gasteiger partial charge in [0.25, 0.3) is 0 Å². The van der Waals surface area contributed by atoms with Gasteiger partial charge >= 0.3 is 6.18 Å². The Bertz CT molecular complexity index is 662. The van der Waals surface area contributed by atoms with Crippen LogP contribution in [-0.4, -0.2) is 16.1 Å². The van der Waals surface area contributed by atoms with Crippen LogP contribution >= 0.6 is 23.2 Å². The second-order valence-corrected chi connectivity index (χ2v) is 5.46. The fraction of sp³-hybridized carbons (Fsp3) is 0.231. The van der Waals surface area contributed by atoms with E-state index in [-0.39, 0.29) is 32.8 Å². The van der Waals surface area contributed by atoms with Gasteiger partial charge in [0.1, 0.15) is 15.7 Å². The quantitative estimate of drug-likeness (QED) is 0.662. The summed E-state index contributed by atoms with van der Waals surface area (Å²) in [6.45, 7) is 1.11. The first-order valence-electron chi connectivity index (χ1n) is 5.66. The number of alkyl halides is 3. The molecule has 2 heterocycles. The predicted molar refractivity (Wildman–Crippen MR) is 70.0 cm³/mol. The van der Waals surface area contributed by atoms with Gasteiger partial charge in [-0.2, -0.15) is 13.2 Å². The van der Waals surface area contributed by atoms with Gasteiger partial charge < -0.3 is 0 Å².